The maximum absolute atomic E-state index is 9.28. The summed E-state index contributed by atoms with van der Waals surface area (Å²) in [6.07, 6.45) is 5.01. The van der Waals surface area contributed by atoms with E-state index in [9.17, 15) is 5.11 Å². The Hall–Kier alpha value is -0.120. The fourth-order valence-electron chi connectivity index (χ4n) is 1.52. The summed E-state index contributed by atoms with van der Waals surface area (Å²) < 4.78 is 0. The van der Waals surface area contributed by atoms with Gasteiger partial charge in [0, 0.05) is 6.54 Å². The Balaban J connectivity index is 3.67. The molecular weight excluding hydrogens is 190 g/mol. The summed E-state index contributed by atoms with van der Waals surface area (Å²) in [7, 11) is 0. The molecular formula is C12H27NO2. The van der Waals surface area contributed by atoms with E-state index in [1.165, 1.54) is 25.7 Å². The van der Waals surface area contributed by atoms with Crippen LogP contribution >= 0.6 is 0 Å². The first-order valence-corrected chi connectivity index (χ1v) is 6.25. The number of aliphatic hydroxyl groups excluding tert-OH is 2. The lowest BCUT2D eigenvalue weighted by Gasteiger charge is -2.22. The average molecular weight is 217 g/mol. The highest BCUT2D eigenvalue weighted by Gasteiger charge is 2.07. The van der Waals surface area contributed by atoms with Crippen LogP contribution in [0.25, 0.3) is 0 Å². The Morgan fingerprint density at radius 2 is 1.53 bits per heavy atom. The van der Waals surface area contributed by atoms with Crippen LogP contribution < -0.4 is 0 Å². The highest BCUT2D eigenvalue weighted by Crippen LogP contribution is 2.02. The lowest BCUT2D eigenvalue weighted by atomic mass is 10.2. The Bertz CT molecular complexity index is 123. The van der Waals surface area contributed by atoms with Crippen LogP contribution in [0.1, 0.15) is 46.0 Å². The van der Waals surface area contributed by atoms with Gasteiger partial charge in [-0.3, -0.25) is 0 Å². The van der Waals surface area contributed by atoms with Gasteiger partial charge in [-0.2, -0.15) is 0 Å². The Labute approximate surface area is 94.1 Å². The highest BCUT2D eigenvalue weighted by atomic mass is 16.3. The van der Waals surface area contributed by atoms with Crippen molar-refractivity contribution in [2.45, 2.75) is 52.1 Å². The third-order valence-corrected chi connectivity index (χ3v) is 2.65. The zero-order valence-electron chi connectivity index (χ0n) is 10.3. The molecule has 0 aromatic heterocycles. The third kappa shape index (κ3) is 8.85. The van der Waals surface area contributed by atoms with E-state index in [1.807, 2.05) is 0 Å². The van der Waals surface area contributed by atoms with Crippen LogP contribution in [0.3, 0.4) is 0 Å². The normalized spacial score (nSPS) is 13.4. The lowest BCUT2D eigenvalue weighted by Crippen LogP contribution is -2.30. The van der Waals surface area contributed by atoms with Gasteiger partial charge in [-0.1, -0.05) is 26.7 Å². The monoisotopic (exact) mass is 217 g/mol. The number of unbranched alkanes of at least 4 members (excludes halogenated alkanes) is 2. The van der Waals surface area contributed by atoms with E-state index >= 15 is 0 Å². The molecule has 0 aromatic carbocycles. The zero-order valence-corrected chi connectivity index (χ0v) is 10.3. The molecule has 0 bridgehead atoms. The molecule has 0 saturated heterocycles. The molecule has 3 heteroatoms. The molecule has 0 heterocycles. The van der Waals surface area contributed by atoms with Gasteiger partial charge < -0.3 is 15.1 Å². The molecule has 92 valence electrons. The predicted molar refractivity (Wildman–Crippen MR) is 64.0 cm³/mol. The van der Waals surface area contributed by atoms with Crippen LogP contribution in [0.2, 0.25) is 0 Å². The van der Waals surface area contributed by atoms with Crippen LogP contribution in [0, 0.1) is 0 Å². The summed E-state index contributed by atoms with van der Waals surface area (Å²) in [4.78, 5) is 2.39. The number of hydrogen-bond donors (Lipinski definition) is 2. The second kappa shape index (κ2) is 10.4. The average Bonchev–Trinajstić information content (AvgIpc) is 2.27. The first-order valence-electron chi connectivity index (χ1n) is 6.25. The molecule has 0 fully saturated rings. The smallest absolute Gasteiger partial charge is 0.0783 e. The van der Waals surface area contributed by atoms with Gasteiger partial charge in [0.15, 0.2) is 0 Å². The minimum atomic E-state index is -0.546. The Morgan fingerprint density at radius 1 is 1.00 bits per heavy atom. The Kier molecular flexibility index (Phi) is 10.3. The van der Waals surface area contributed by atoms with Crippen molar-refractivity contribution < 1.29 is 10.2 Å². The van der Waals surface area contributed by atoms with Gasteiger partial charge in [-0.15, -0.1) is 0 Å². The number of rotatable bonds is 10. The summed E-state index contributed by atoms with van der Waals surface area (Å²) in [5.74, 6) is 0. The van der Waals surface area contributed by atoms with Crippen molar-refractivity contribution in [1.82, 2.24) is 4.90 Å². The molecule has 0 amide bonds. The van der Waals surface area contributed by atoms with E-state index < -0.39 is 6.10 Å². The van der Waals surface area contributed by atoms with Gasteiger partial charge in [0.05, 0.1) is 12.7 Å². The molecule has 0 aromatic rings. The molecule has 0 aliphatic rings. The highest BCUT2D eigenvalue weighted by molar-refractivity contribution is 4.61. The van der Waals surface area contributed by atoms with E-state index in [1.54, 1.807) is 0 Å². The summed E-state index contributed by atoms with van der Waals surface area (Å²) in [6.45, 7) is 7.42. The van der Waals surface area contributed by atoms with Gasteiger partial charge in [0.1, 0.15) is 0 Å². The number of aliphatic hydroxyl groups is 2. The molecule has 0 rings (SSSR count). The number of hydrogen-bond acceptors (Lipinski definition) is 3. The second-order valence-corrected chi connectivity index (χ2v) is 4.17. The van der Waals surface area contributed by atoms with E-state index in [0.29, 0.717) is 6.42 Å². The molecule has 2 N–H and O–H groups in total. The summed E-state index contributed by atoms with van der Waals surface area (Å²) in [6, 6.07) is 0. The van der Waals surface area contributed by atoms with Crippen LogP contribution in [0.15, 0.2) is 0 Å². The standard InChI is InChI=1S/C12H27NO2/c1-3-5-8-13(9-6-4-2)10-7-12(15)11-14/h12,14-15H,3-11H2,1-2H3. The van der Waals surface area contributed by atoms with E-state index in [0.717, 1.165) is 19.6 Å². The van der Waals surface area contributed by atoms with E-state index in [-0.39, 0.29) is 6.61 Å². The quantitative estimate of drug-likeness (QED) is 0.584. The predicted octanol–water partition coefficient (Wildman–Crippen LogP) is 1.63. The summed E-state index contributed by atoms with van der Waals surface area (Å²) in [5.41, 5.74) is 0. The lowest BCUT2D eigenvalue weighted by molar-refractivity contribution is 0.0767. The van der Waals surface area contributed by atoms with Crippen molar-refractivity contribution in [2.75, 3.05) is 26.2 Å². The maximum Gasteiger partial charge on any atom is 0.0783 e. The molecule has 15 heavy (non-hydrogen) atoms. The molecule has 1 unspecified atom stereocenters. The molecule has 0 aliphatic carbocycles. The second-order valence-electron chi connectivity index (χ2n) is 4.17. The third-order valence-electron chi connectivity index (χ3n) is 2.65. The molecule has 0 aliphatic heterocycles. The van der Waals surface area contributed by atoms with Crippen LogP contribution in [-0.2, 0) is 0 Å². The SMILES string of the molecule is CCCCN(CCCC)CCC(O)CO. The van der Waals surface area contributed by atoms with Crippen LogP contribution in [0.5, 0.6) is 0 Å². The fraction of sp³-hybridized carbons (Fsp3) is 1.00. The topological polar surface area (TPSA) is 43.7 Å². The van der Waals surface area contributed by atoms with E-state index in [2.05, 4.69) is 18.7 Å². The molecule has 0 saturated carbocycles. The zero-order chi connectivity index (χ0) is 11.5. The largest absolute Gasteiger partial charge is 0.394 e. The van der Waals surface area contributed by atoms with Crippen molar-refractivity contribution in [3.63, 3.8) is 0 Å². The number of nitrogens with zero attached hydrogens (tertiary/aromatic N) is 1. The van der Waals surface area contributed by atoms with Crippen LogP contribution in [0.4, 0.5) is 0 Å². The maximum atomic E-state index is 9.28. The summed E-state index contributed by atoms with van der Waals surface area (Å²) in [5, 5.41) is 18.0. The van der Waals surface area contributed by atoms with Gasteiger partial charge in [0.2, 0.25) is 0 Å². The first kappa shape index (κ1) is 14.9. The molecule has 0 radical (unpaired) electrons. The summed E-state index contributed by atoms with van der Waals surface area (Å²) >= 11 is 0. The molecule has 0 spiro atoms. The van der Waals surface area contributed by atoms with E-state index in [4.69, 9.17) is 5.11 Å². The van der Waals surface area contributed by atoms with Gasteiger partial charge >= 0.3 is 0 Å². The van der Waals surface area contributed by atoms with Crippen LogP contribution in [-0.4, -0.2) is 47.5 Å². The molecule has 1 atom stereocenters. The van der Waals surface area contributed by atoms with Gasteiger partial charge in [0.25, 0.3) is 0 Å². The minimum absolute atomic E-state index is 0.116. The fourth-order valence-corrected chi connectivity index (χ4v) is 1.52. The molecule has 3 nitrogen and oxygen atoms in total. The minimum Gasteiger partial charge on any atom is -0.394 e. The van der Waals surface area contributed by atoms with Crippen molar-refractivity contribution in [2.24, 2.45) is 0 Å². The Morgan fingerprint density at radius 3 is 1.93 bits per heavy atom. The first-order chi connectivity index (χ1) is 7.24. The van der Waals surface area contributed by atoms with Crippen molar-refractivity contribution >= 4 is 0 Å². The van der Waals surface area contributed by atoms with Crippen molar-refractivity contribution in [3.05, 3.63) is 0 Å². The van der Waals surface area contributed by atoms with Gasteiger partial charge in [-0.05, 0) is 32.4 Å². The van der Waals surface area contributed by atoms with Crippen molar-refractivity contribution in [3.8, 4) is 0 Å². The van der Waals surface area contributed by atoms with Gasteiger partial charge in [-0.25, -0.2) is 0 Å². The van der Waals surface area contributed by atoms with Crippen molar-refractivity contribution in [1.29, 1.82) is 0 Å².